The van der Waals surface area contributed by atoms with Gasteiger partial charge in [-0.05, 0) is 55.4 Å². The Bertz CT molecular complexity index is 535. The van der Waals surface area contributed by atoms with E-state index in [1.54, 1.807) is 14.2 Å². The molecule has 2 fully saturated rings. The highest BCUT2D eigenvalue weighted by Crippen LogP contribution is 2.44. The Hall–Kier alpha value is -1.49. The minimum atomic E-state index is 0.535. The molecule has 2 bridgehead atoms. The number of hydrogen-bond donors (Lipinski definition) is 2. The van der Waals surface area contributed by atoms with E-state index >= 15 is 0 Å². The number of anilines is 1. The van der Waals surface area contributed by atoms with Gasteiger partial charge in [-0.1, -0.05) is 6.42 Å². The third-order valence-corrected chi connectivity index (χ3v) is 4.93. The summed E-state index contributed by atoms with van der Waals surface area (Å²) in [5.74, 6) is 3.20. The number of benzene rings is 1. The van der Waals surface area contributed by atoms with E-state index in [4.69, 9.17) is 21.7 Å². The molecule has 21 heavy (non-hydrogen) atoms. The molecule has 0 amide bonds. The maximum atomic E-state index is 5.45. The average molecular weight is 306 g/mol. The predicted molar refractivity (Wildman–Crippen MR) is 88.1 cm³/mol. The Morgan fingerprint density at radius 2 is 2.05 bits per heavy atom. The van der Waals surface area contributed by atoms with Crippen LogP contribution in [0.5, 0.6) is 11.5 Å². The highest BCUT2D eigenvalue weighted by atomic mass is 32.1. The Kier molecular flexibility index (Phi) is 4.19. The SMILES string of the molecule is COc1ccc(NC(=S)N[C@H]2C[C@H]3CC[C@H]2C3)c(OC)c1. The molecule has 0 radical (unpaired) electrons. The lowest BCUT2D eigenvalue weighted by molar-refractivity contribution is 0.391. The smallest absolute Gasteiger partial charge is 0.171 e. The van der Waals surface area contributed by atoms with Crippen molar-refractivity contribution in [1.29, 1.82) is 0 Å². The van der Waals surface area contributed by atoms with E-state index in [9.17, 15) is 0 Å². The van der Waals surface area contributed by atoms with E-state index in [1.807, 2.05) is 18.2 Å². The lowest BCUT2D eigenvalue weighted by Crippen LogP contribution is -2.40. The maximum absolute atomic E-state index is 5.45. The summed E-state index contributed by atoms with van der Waals surface area (Å²) in [6.07, 6.45) is 5.37. The number of methoxy groups -OCH3 is 2. The molecule has 2 aliphatic rings. The second kappa shape index (κ2) is 6.10. The molecule has 2 aliphatic carbocycles. The van der Waals surface area contributed by atoms with Gasteiger partial charge in [-0.15, -0.1) is 0 Å². The summed E-state index contributed by atoms with van der Waals surface area (Å²) in [6.45, 7) is 0. The molecule has 1 aromatic carbocycles. The molecule has 0 unspecified atom stereocenters. The van der Waals surface area contributed by atoms with Crippen molar-refractivity contribution in [2.45, 2.75) is 31.7 Å². The summed E-state index contributed by atoms with van der Waals surface area (Å²) in [6, 6.07) is 6.20. The van der Waals surface area contributed by atoms with Gasteiger partial charge in [0.15, 0.2) is 5.11 Å². The van der Waals surface area contributed by atoms with Crippen molar-refractivity contribution in [1.82, 2.24) is 5.32 Å². The van der Waals surface area contributed by atoms with Crippen LogP contribution in [-0.4, -0.2) is 25.4 Å². The number of nitrogens with one attached hydrogen (secondary N) is 2. The highest BCUT2D eigenvalue weighted by Gasteiger charge is 2.39. The zero-order valence-electron chi connectivity index (χ0n) is 12.5. The van der Waals surface area contributed by atoms with E-state index in [1.165, 1.54) is 25.7 Å². The van der Waals surface area contributed by atoms with E-state index < -0.39 is 0 Å². The van der Waals surface area contributed by atoms with Gasteiger partial charge in [0.1, 0.15) is 11.5 Å². The van der Waals surface area contributed by atoms with Crippen LogP contribution < -0.4 is 20.1 Å². The summed E-state index contributed by atoms with van der Waals surface area (Å²) in [5, 5.41) is 7.39. The highest BCUT2D eigenvalue weighted by molar-refractivity contribution is 7.80. The first-order chi connectivity index (χ1) is 10.2. The van der Waals surface area contributed by atoms with Crippen LogP contribution in [0, 0.1) is 11.8 Å². The molecular formula is C16H22N2O2S. The molecular weight excluding hydrogens is 284 g/mol. The second-order valence-electron chi connectivity index (χ2n) is 5.95. The van der Waals surface area contributed by atoms with Gasteiger partial charge >= 0.3 is 0 Å². The largest absolute Gasteiger partial charge is 0.497 e. The van der Waals surface area contributed by atoms with Gasteiger partial charge < -0.3 is 20.1 Å². The molecule has 5 heteroatoms. The average Bonchev–Trinajstić information content (AvgIpc) is 3.10. The van der Waals surface area contributed by atoms with Crippen molar-refractivity contribution < 1.29 is 9.47 Å². The summed E-state index contributed by atoms with van der Waals surface area (Å²) in [5.41, 5.74) is 0.860. The third kappa shape index (κ3) is 3.07. The number of ether oxygens (including phenoxy) is 2. The minimum absolute atomic E-state index is 0.535. The zero-order chi connectivity index (χ0) is 14.8. The lowest BCUT2D eigenvalue weighted by atomic mass is 9.96. The first-order valence-corrected chi connectivity index (χ1v) is 7.90. The van der Waals surface area contributed by atoms with Crippen molar-refractivity contribution in [3.8, 4) is 11.5 Å². The first-order valence-electron chi connectivity index (χ1n) is 7.49. The minimum Gasteiger partial charge on any atom is -0.497 e. The van der Waals surface area contributed by atoms with Gasteiger partial charge in [0.2, 0.25) is 0 Å². The fraction of sp³-hybridized carbons (Fsp3) is 0.562. The Morgan fingerprint density at radius 3 is 2.67 bits per heavy atom. The van der Waals surface area contributed by atoms with E-state index in [0.29, 0.717) is 11.2 Å². The van der Waals surface area contributed by atoms with Gasteiger partial charge in [0.05, 0.1) is 19.9 Å². The van der Waals surface area contributed by atoms with Crippen LogP contribution in [0.25, 0.3) is 0 Å². The van der Waals surface area contributed by atoms with Gasteiger partial charge in [0, 0.05) is 12.1 Å². The van der Waals surface area contributed by atoms with Crippen LogP contribution >= 0.6 is 12.2 Å². The molecule has 114 valence electrons. The molecule has 1 aromatic rings. The summed E-state index contributed by atoms with van der Waals surface area (Å²) < 4.78 is 10.6. The fourth-order valence-electron chi connectivity index (χ4n) is 3.65. The molecule has 2 N–H and O–H groups in total. The Morgan fingerprint density at radius 1 is 1.19 bits per heavy atom. The molecule has 0 heterocycles. The lowest BCUT2D eigenvalue weighted by Gasteiger charge is -2.25. The van der Waals surface area contributed by atoms with Crippen LogP contribution in [0.4, 0.5) is 5.69 Å². The quantitative estimate of drug-likeness (QED) is 0.836. The van der Waals surface area contributed by atoms with Crippen molar-refractivity contribution >= 4 is 23.0 Å². The molecule has 0 saturated heterocycles. The van der Waals surface area contributed by atoms with Crippen molar-refractivity contribution in [2.24, 2.45) is 11.8 Å². The number of fused-ring (bicyclic) bond motifs is 2. The van der Waals surface area contributed by atoms with Crippen molar-refractivity contribution in [3.63, 3.8) is 0 Å². The first kappa shape index (κ1) is 14.4. The fourth-order valence-corrected chi connectivity index (χ4v) is 3.91. The van der Waals surface area contributed by atoms with Crippen molar-refractivity contribution in [2.75, 3.05) is 19.5 Å². The number of hydrogen-bond acceptors (Lipinski definition) is 3. The molecule has 0 aliphatic heterocycles. The van der Waals surface area contributed by atoms with Gasteiger partial charge in [0.25, 0.3) is 0 Å². The Balaban J connectivity index is 1.62. The summed E-state index contributed by atoms with van der Waals surface area (Å²) >= 11 is 5.45. The van der Waals surface area contributed by atoms with E-state index in [0.717, 1.165) is 29.0 Å². The normalized spacial score (nSPS) is 26.5. The molecule has 0 spiro atoms. The second-order valence-corrected chi connectivity index (χ2v) is 6.35. The summed E-state index contributed by atoms with van der Waals surface area (Å²) in [4.78, 5) is 0. The van der Waals surface area contributed by atoms with Crippen molar-refractivity contribution in [3.05, 3.63) is 18.2 Å². The molecule has 3 rings (SSSR count). The van der Waals surface area contributed by atoms with Crippen LogP contribution in [0.1, 0.15) is 25.7 Å². The van der Waals surface area contributed by atoms with Crippen LogP contribution in [0.15, 0.2) is 18.2 Å². The van der Waals surface area contributed by atoms with Gasteiger partial charge in [-0.2, -0.15) is 0 Å². The monoisotopic (exact) mass is 306 g/mol. The van der Waals surface area contributed by atoms with Crippen LogP contribution in [0.3, 0.4) is 0 Å². The standard InChI is InChI=1S/C16H22N2O2S/c1-19-12-5-6-13(15(9-12)20-2)17-16(21)18-14-8-10-3-4-11(14)7-10/h5-6,9-11,14H,3-4,7-8H2,1-2H3,(H2,17,18,21)/t10-,11-,14-/m0/s1. The van der Waals surface area contributed by atoms with Gasteiger partial charge in [-0.3, -0.25) is 0 Å². The maximum Gasteiger partial charge on any atom is 0.171 e. The van der Waals surface area contributed by atoms with Crippen LogP contribution in [-0.2, 0) is 0 Å². The zero-order valence-corrected chi connectivity index (χ0v) is 13.3. The summed E-state index contributed by atoms with van der Waals surface area (Å²) in [7, 11) is 3.29. The predicted octanol–water partition coefficient (Wildman–Crippen LogP) is 3.18. The topological polar surface area (TPSA) is 42.5 Å². The van der Waals surface area contributed by atoms with E-state index in [-0.39, 0.29) is 0 Å². The number of thiocarbonyl (C=S) groups is 1. The van der Waals surface area contributed by atoms with E-state index in [2.05, 4.69) is 10.6 Å². The van der Waals surface area contributed by atoms with Gasteiger partial charge in [-0.25, -0.2) is 0 Å². The molecule has 4 nitrogen and oxygen atoms in total. The Labute approximate surface area is 131 Å². The molecule has 2 saturated carbocycles. The molecule has 3 atom stereocenters. The molecule has 0 aromatic heterocycles. The number of rotatable bonds is 4. The third-order valence-electron chi connectivity index (χ3n) is 4.71. The van der Waals surface area contributed by atoms with Crippen LogP contribution in [0.2, 0.25) is 0 Å².